The van der Waals surface area contributed by atoms with E-state index in [1.165, 1.54) is 5.56 Å². The number of rotatable bonds is 6. The summed E-state index contributed by atoms with van der Waals surface area (Å²) in [6.07, 6.45) is 2.69. The van der Waals surface area contributed by atoms with E-state index in [0.29, 0.717) is 6.54 Å². The zero-order valence-corrected chi connectivity index (χ0v) is 11.2. The van der Waals surface area contributed by atoms with Gasteiger partial charge in [-0.15, -0.1) is 21.5 Å². The van der Waals surface area contributed by atoms with Crippen LogP contribution in [0, 0.1) is 0 Å². The van der Waals surface area contributed by atoms with Crippen molar-refractivity contribution < 1.29 is 4.74 Å². The molecule has 0 atom stereocenters. The quantitative estimate of drug-likeness (QED) is 0.866. The monoisotopic (exact) mass is 263 g/mol. The highest BCUT2D eigenvalue weighted by atomic mass is 32.1. The van der Waals surface area contributed by atoms with Crippen LogP contribution < -0.4 is 10.5 Å². The van der Waals surface area contributed by atoms with Crippen LogP contribution in [0.4, 0.5) is 0 Å². The van der Waals surface area contributed by atoms with Gasteiger partial charge in [0.1, 0.15) is 15.8 Å². The molecule has 96 valence electrons. The Labute approximate surface area is 111 Å². The molecule has 2 aromatic rings. The first-order chi connectivity index (χ1) is 8.81. The SMILES string of the molecule is COc1cccc(Cc2nnc(CCCN)s2)c1. The van der Waals surface area contributed by atoms with Crippen LogP contribution >= 0.6 is 11.3 Å². The number of aromatic nitrogens is 2. The number of hydrogen-bond acceptors (Lipinski definition) is 5. The fourth-order valence-electron chi connectivity index (χ4n) is 1.67. The molecule has 0 bridgehead atoms. The smallest absolute Gasteiger partial charge is 0.121 e. The average Bonchev–Trinajstić information content (AvgIpc) is 2.84. The molecule has 18 heavy (non-hydrogen) atoms. The molecule has 0 aliphatic rings. The van der Waals surface area contributed by atoms with Crippen molar-refractivity contribution in [2.45, 2.75) is 19.3 Å². The highest BCUT2D eigenvalue weighted by molar-refractivity contribution is 7.11. The van der Waals surface area contributed by atoms with Gasteiger partial charge < -0.3 is 10.5 Å². The summed E-state index contributed by atoms with van der Waals surface area (Å²) < 4.78 is 5.20. The van der Waals surface area contributed by atoms with Crippen LogP contribution in [0.5, 0.6) is 5.75 Å². The molecule has 0 amide bonds. The number of nitrogens with two attached hydrogens (primary N) is 1. The van der Waals surface area contributed by atoms with Crippen LogP contribution in [0.1, 0.15) is 22.0 Å². The molecule has 0 aliphatic carbocycles. The number of methoxy groups -OCH3 is 1. The fourth-order valence-corrected chi connectivity index (χ4v) is 2.59. The molecule has 1 aromatic carbocycles. The zero-order chi connectivity index (χ0) is 12.8. The van der Waals surface area contributed by atoms with E-state index < -0.39 is 0 Å². The Balaban J connectivity index is 2.01. The largest absolute Gasteiger partial charge is 0.497 e. The van der Waals surface area contributed by atoms with Gasteiger partial charge in [-0.3, -0.25) is 0 Å². The first-order valence-electron chi connectivity index (χ1n) is 5.96. The van der Waals surface area contributed by atoms with E-state index in [2.05, 4.69) is 16.3 Å². The van der Waals surface area contributed by atoms with Crippen molar-refractivity contribution in [2.75, 3.05) is 13.7 Å². The van der Waals surface area contributed by atoms with Crippen molar-refractivity contribution in [2.24, 2.45) is 5.73 Å². The van der Waals surface area contributed by atoms with Crippen molar-refractivity contribution in [3.05, 3.63) is 39.8 Å². The molecule has 4 nitrogen and oxygen atoms in total. The van der Waals surface area contributed by atoms with Gasteiger partial charge in [0.25, 0.3) is 0 Å². The van der Waals surface area contributed by atoms with Gasteiger partial charge in [-0.2, -0.15) is 0 Å². The minimum atomic E-state index is 0.699. The summed E-state index contributed by atoms with van der Waals surface area (Å²) in [6, 6.07) is 8.03. The maximum atomic E-state index is 5.48. The van der Waals surface area contributed by atoms with Crippen molar-refractivity contribution in [1.29, 1.82) is 0 Å². The highest BCUT2D eigenvalue weighted by Crippen LogP contribution is 2.19. The Morgan fingerprint density at radius 2 is 2.11 bits per heavy atom. The predicted octanol–water partition coefficient (Wildman–Crippen LogP) is 2.03. The Morgan fingerprint density at radius 1 is 1.28 bits per heavy atom. The van der Waals surface area contributed by atoms with E-state index in [-0.39, 0.29) is 0 Å². The lowest BCUT2D eigenvalue weighted by Gasteiger charge is -2.01. The second kappa shape index (κ2) is 6.47. The van der Waals surface area contributed by atoms with Crippen LogP contribution in [0.25, 0.3) is 0 Å². The third kappa shape index (κ3) is 3.51. The molecule has 2 rings (SSSR count). The van der Waals surface area contributed by atoms with Crippen LogP contribution in [-0.2, 0) is 12.8 Å². The fraction of sp³-hybridized carbons (Fsp3) is 0.385. The lowest BCUT2D eigenvalue weighted by atomic mass is 10.1. The minimum absolute atomic E-state index is 0.699. The van der Waals surface area contributed by atoms with Crippen molar-refractivity contribution >= 4 is 11.3 Å². The maximum Gasteiger partial charge on any atom is 0.121 e. The molecular formula is C13H17N3OS. The zero-order valence-electron chi connectivity index (χ0n) is 10.4. The summed E-state index contributed by atoms with van der Waals surface area (Å²) in [4.78, 5) is 0. The summed E-state index contributed by atoms with van der Waals surface area (Å²) >= 11 is 1.66. The molecule has 1 aromatic heterocycles. The van der Waals surface area contributed by atoms with Gasteiger partial charge in [0, 0.05) is 12.8 Å². The molecule has 2 N–H and O–H groups in total. The van der Waals surface area contributed by atoms with Gasteiger partial charge >= 0.3 is 0 Å². The van der Waals surface area contributed by atoms with Gasteiger partial charge in [0.05, 0.1) is 7.11 Å². The van der Waals surface area contributed by atoms with E-state index >= 15 is 0 Å². The van der Waals surface area contributed by atoms with Gasteiger partial charge in [-0.25, -0.2) is 0 Å². The van der Waals surface area contributed by atoms with Crippen LogP contribution in [0.3, 0.4) is 0 Å². The van der Waals surface area contributed by atoms with Gasteiger partial charge in [0.15, 0.2) is 0 Å². The predicted molar refractivity (Wildman–Crippen MR) is 73.1 cm³/mol. The molecule has 0 saturated heterocycles. The van der Waals surface area contributed by atoms with Crippen LogP contribution in [0.15, 0.2) is 24.3 Å². The molecule has 0 saturated carbocycles. The maximum absolute atomic E-state index is 5.48. The molecule has 0 fully saturated rings. The number of nitrogens with zero attached hydrogens (tertiary/aromatic N) is 2. The summed E-state index contributed by atoms with van der Waals surface area (Å²) in [6.45, 7) is 0.699. The van der Waals surface area contributed by atoms with Gasteiger partial charge in [0.2, 0.25) is 0 Å². The summed E-state index contributed by atoms with van der Waals surface area (Å²) in [5.41, 5.74) is 6.67. The molecule has 0 spiro atoms. The summed E-state index contributed by atoms with van der Waals surface area (Å²) in [5.74, 6) is 0.875. The molecule has 5 heteroatoms. The number of hydrogen-bond donors (Lipinski definition) is 1. The Morgan fingerprint density at radius 3 is 2.89 bits per heavy atom. The van der Waals surface area contributed by atoms with Gasteiger partial charge in [-0.1, -0.05) is 12.1 Å². The van der Waals surface area contributed by atoms with Crippen molar-refractivity contribution in [3.63, 3.8) is 0 Å². The van der Waals surface area contributed by atoms with E-state index in [4.69, 9.17) is 10.5 Å². The first kappa shape index (κ1) is 13.0. The highest BCUT2D eigenvalue weighted by Gasteiger charge is 2.05. The lowest BCUT2D eigenvalue weighted by Crippen LogP contribution is -1.99. The number of benzene rings is 1. The Bertz CT molecular complexity index is 498. The third-order valence-corrected chi connectivity index (χ3v) is 3.58. The summed E-state index contributed by atoms with van der Waals surface area (Å²) in [7, 11) is 1.68. The minimum Gasteiger partial charge on any atom is -0.497 e. The topological polar surface area (TPSA) is 61.0 Å². The normalized spacial score (nSPS) is 10.6. The molecule has 0 aliphatic heterocycles. The van der Waals surface area contributed by atoms with Gasteiger partial charge in [-0.05, 0) is 30.7 Å². The molecule has 0 radical (unpaired) electrons. The standard InChI is InChI=1S/C13H17N3OS/c1-17-11-5-2-4-10(8-11)9-13-16-15-12(18-13)6-3-7-14/h2,4-5,8H,3,6-7,9,14H2,1H3. The number of ether oxygens (including phenoxy) is 1. The number of aryl methyl sites for hydroxylation is 1. The van der Waals surface area contributed by atoms with E-state index in [1.807, 2.05) is 18.2 Å². The van der Waals surface area contributed by atoms with Crippen molar-refractivity contribution in [1.82, 2.24) is 10.2 Å². The molecule has 0 unspecified atom stereocenters. The lowest BCUT2D eigenvalue weighted by molar-refractivity contribution is 0.414. The second-order valence-corrected chi connectivity index (χ2v) is 5.16. The Kier molecular flexibility index (Phi) is 4.66. The Hall–Kier alpha value is -1.46. The first-order valence-corrected chi connectivity index (χ1v) is 6.77. The van der Waals surface area contributed by atoms with E-state index in [1.54, 1.807) is 18.4 Å². The molecular weight excluding hydrogens is 246 g/mol. The summed E-state index contributed by atoms with van der Waals surface area (Å²) in [5, 5.41) is 10.5. The average molecular weight is 263 g/mol. The van der Waals surface area contributed by atoms with Crippen molar-refractivity contribution in [3.8, 4) is 5.75 Å². The van der Waals surface area contributed by atoms with E-state index in [9.17, 15) is 0 Å². The second-order valence-electron chi connectivity index (χ2n) is 4.01. The molecule has 1 heterocycles. The van der Waals surface area contributed by atoms with E-state index in [0.717, 1.165) is 35.0 Å². The van der Waals surface area contributed by atoms with Crippen LogP contribution in [-0.4, -0.2) is 23.9 Å². The van der Waals surface area contributed by atoms with Crippen LogP contribution in [0.2, 0.25) is 0 Å². The third-order valence-electron chi connectivity index (χ3n) is 2.59.